The van der Waals surface area contributed by atoms with Gasteiger partial charge in [-0.2, -0.15) is 0 Å². The third-order valence-electron chi connectivity index (χ3n) is 4.02. The molecule has 0 aromatic heterocycles. The van der Waals surface area contributed by atoms with Crippen LogP contribution in [0.1, 0.15) is 17.2 Å². The van der Waals surface area contributed by atoms with E-state index in [9.17, 15) is 14.7 Å². The lowest BCUT2D eigenvalue weighted by Crippen LogP contribution is -2.25. The summed E-state index contributed by atoms with van der Waals surface area (Å²) in [7, 11) is 1.59. The van der Waals surface area contributed by atoms with Crippen LogP contribution in [-0.2, 0) is 11.2 Å². The van der Waals surface area contributed by atoms with Gasteiger partial charge < -0.3 is 14.6 Å². The lowest BCUT2D eigenvalue weighted by molar-refractivity contribution is -0.118. The minimum atomic E-state index is -0.745. The van der Waals surface area contributed by atoms with Crippen LogP contribution in [0.4, 0.5) is 4.79 Å². The molecule has 0 saturated carbocycles. The van der Waals surface area contributed by atoms with Gasteiger partial charge in [0.15, 0.2) is 0 Å². The van der Waals surface area contributed by atoms with Crippen molar-refractivity contribution in [3.05, 3.63) is 59.7 Å². The molecule has 2 N–H and O–H groups in total. The smallest absolute Gasteiger partial charge is 0.286 e. The molecule has 0 aliphatic carbocycles. The van der Waals surface area contributed by atoms with Gasteiger partial charge in [0.25, 0.3) is 5.24 Å². The Hall–Kier alpha value is -2.51. The second-order valence-corrected chi connectivity index (χ2v) is 7.01. The number of aliphatic hydroxyl groups is 1. The van der Waals surface area contributed by atoms with Crippen LogP contribution in [-0.4, -0.2) is 35.2 Å². The molecular formula is C19H19NO5S. The molecule has 2 aromatic carbocycles. The lowest BCUT2D eigenvalue weighted by atomic mass is 10.1. The summed E-state index contributed by atoms with van der Waals surface area (Å²) in [5, 5.41) is 11.8. The van der Waals surface area contributed by atoms with E-state index in [0.29, 0.717) is 12.2 Å². The summed E-state index contributed by atoms with van der Waals surface area (Å²) in [4.78, 5) is 22.8. The molecule has 136 valence electrons. The molecule has 0 spiro atoms. The highest BCUT2D eigenvalue weighted by molar-refractivity contribution is 8.15. The summed E-state index contributed by atoms with van der Waals surface area (Å²) >= 11 is 1.01. The Balaban J connectivity index is 1.52. The Labute approximate surface area is 155 Å². The summed E-state index contributed by atoms with van der Waals surface area (Å²) in [6, 6.07) is 14.4. The Bertz CT molecular complexity index is 776. The van der Waals surface area contributed by atoms with Crippen LogP contribution >= 0.6 is 11.8 Å². The number of ether oxygens (including phenoxy) is 2. The molecule has 1 unspecified atom stereocenters. The maximum absolute atomic E-state index is 11.6. The van der Waals surface area contributed by atoms with E-state index < -0.39 is 6.10 Å². The third-order valence-corrected chi connectivity index (χ3v) is 5.00. The van der Waals surface area contributed by atoms with Gasteiger partial charge in [0, 0.05) is 0 Å². The number of benzene rings is 2. The number of aliphatic hydroxyl groups excluding tert-OH is 1. The Kier molecular flexibility index (Phi) is 5.80. The largest absolute Gasteiger partial charge is 0.497 e. The fourth-order valence-corrected chi connectivity index (χ4v) is 3.42. The summed E-state index contributed by atoms with van der Waals surface area (Å²) < 4.78 is 10.7. The van der Waals surface area contributed by atoms with Gasteiger partial charge >= 0.3 is 0 Å². The highest BCUT2D eigenvalue weighted by Gasteiger charge is 2.31. The van der Waals surface area contributed by atoms with E-state index in [1.54, 1.807) is 43.5 Å². The van der Waals surface area contributed by atoms with Crippen molar-refractivity contribution in [2.45, 2.75) is 17.8 Å². The zero-order valence-electron chi connectivity index (χ0n) is 14.2. The predicted molar refractivity (Wildman–Crippen MR) is 98.5 cm³/mol. The van der Waals surface area contributed by atoms with Gasteiger partial charge in [-0.25, -0.2) is 0 Å². The molecular weight excluding hydrogens is 354 g/mol. The zero-order chi connectivity index (χ0) is 18.5. The van der Waals surface area contributed by atoms with Gasteiger partial charge in [-0.3, -0.25) is 14.9 Å². The van der Waals surface area contributed by atoms with Crippen LogP contribution < -0.4 is 14.8 Å². The van der Waals surface area contributed by atoms with E-state index in [2.05, 4.69) is 5.32 Å². The summed E-state index contributed by atoms with van der Waals surface area (Å²) in [6.45, 7) is 0.126. The first-order chi connectivity index (χ1) is 12.5. The average Bonchev–Trinajstić information content (AvgIpc) is 2.98. The minimum absolute atomic E-state index is 0.126. The maximum Gasteiger partial charge on any atom is 0.286 e. The number of nitrogens with one attached hydrogen (secondary N) is 1. The van der Waals surface area contributed by atoms with Crippen LogP contribution in [0, 0.1) is 0 Å². The van der Waals surface area contributed by atoms with Crippen LogP contribution in [0.3, 0.4) is 0 Å². The number of amides is 2. The highest BCUT2D eigenvalue weighted by Crippen LogP contribution is 2.24. The molecule has 6 nitrogen and oxygen atoms in total. The van der Waals surface area contributed by atoms with E-state index in [4.69, 9.17) is 9.47 Å². The van der Waals surface area contributed by atoms with Gasteiger partial charge in [0.2, 0.25) is 5.91 Å². The second kappa shape index (κ2) is 8.25. The van der Waals surface area contributed by atoms with E-state index in [1.807, 2.05) is 12.1 Å². The summed E-state index contributed by atoms with van der Waals surface area (Å²) in [5.74, 6) is 1.11. The first-order valence-electron chi connectivity index (χ1n) is 8.10. The third kappa shape index (κ3) is 4.56. The van der Waals surface area contributed by atoms with E-state index in [1.165, 1.54) is 0 Å². The lowest BCUT2D eigenvalue weighted by Gasteiger charge is -2.13. The number of hydrogen-bond acceptors (Lipinski definition) is 6. The number of rotatable bonds is 7. The first kappa shape index (κ1) is 18.3. The fraction of sp³-hybridized carbons (Fsp3) is 0.263. The molecule has 2 atom stereocenters. The monoisotopic (exact) mass is 373 g/mol. The molecule has 26 heavy (non-hydrogen) atoms. The van der Waals surface area contributed by atoms with Crippen LogP contribution in [0.5, 0.6) is 11.5 Å². The molecule has 1 saturated heterocycles. The standard InChI is InChI=1S/C19H19NO5S/c1-24-14-8-4-13(5-9-14)16(21)11-25-15-6-2-12(3-7-15)10-17-18(22)20-19(23)26-17/h2-9,16-17,21H,10-11H2,1H3,(H,20,22,23)/t16-,17?/m0/s1. The number of carbonyl (C=O) groups excluding carboxylic acids is 2. The van der Waals surface area contributed by atoms with Crippen molar-refractivity contribution in [3.63, 3.8) is 0 Å². The Morgan fingerprint density at radius 3 is 2.31 bits per heavy atom. The average molecular weight is 373 g/mol. The normalized spacial score (nSPS) is 17.7. The quantitative estimate of drug-likeness (QED) is 0.776. The number of carbonyl (C=O) groups is 2. The van der Waals surface area contributed by atoms with Crippen LogP contribution in [0.2, 0.25) is 0 Å². The molecule has 0 bridgehead atoms. The first-order valence-corrected chi connectivity index (χ1v) is 8.98. The van der Waals surface area contributed by atoms with Gasteiger partial charge in [-0.1, -0.05) is 36.0 Å². The minimum Gasteiger partial charge on any atom is -0.497 e. The van der Waals surface area contributed by atoms with Crippen LogP contribution in [0.15, 0.2) is 48.5 Å². The van der Waals surface area contributed by atoms with Crippen molar-refractivity contribution in [1.29, 1.82) is 0 Å². The van der Waals surface area contributed by atoms with Crippen molar-refractivity contribution in [2.75, 3.05) is 13.7 Å². The highest BCUT2D eigenvalue weighted by atomic mass is 32.2. The topological polar surface area (TPSA) is 84.9 Å². The molecule has 1 aliphatic rings. The molecule has 2 amide bonds. The van der Waals surface area contributed by atoms with Crippen molar-refractivity contribution in [2.24, 2.45) is 0 Å². The van der Waals surface area contributed by atoms with Gasteiger partial charge in [0.05, 0.1) is 12.4 Å². The number of methoxy groups -OCH3 is 1. The fourth-order valence-electron chi connectivity index (χ4n) is 2.56. The zero-order valence-corrected chi connectivity index (χ0v) is 15.0. The van der Waals surface area contributed by atoms with Crippen molar-refractivity contribution in [1.82, 2.24) is 5.32 Å². The SMILES string of the molecule is COc1ccc([C@@H](O)COc2ccc(CC3SC(=O)NC3=O)cc2)cc1. The summed E-state index contributed by atoms with van der Waals surface area (Å²) in [5.41, 5.74) is 1.69. The van der Waals surface area contributed by atoms with E-state index >= 15 is 0 Å². The van der Waals surface area contributed by atoms with Gasteiger partial charge in [-0.15, -0.1) is 0 Å². The van der Waals surface area contributed by atoms with Crippen molar-refractivity contribution < 1.29 is 24.2 Å². The molecule has 2 aromatic rings. The van der Waals surface area contributed by atoms with Crippen LogP contribution in [0.25, 0.3) is 0 Å². The second-order valence-electron chi connectivity index (χ2n) is 5.83. The van der Waals surface area contributed by atoms with Crippen molar-refractivity contribution in [3.8, 4) is 11.5 Å². The predicted octanol–water partition coefficient (Wildman–Crippen LogP) is 2.70. The summed E-state index contributed by atoms with van der Waals surface area (Å²) in [6.07, 6.45) is -0.262. The number of imide groups is 1. The van der Waals surface area contributed by atoms with Gasteiger partial charge in [0.1, 0.15) is 24.2 Å². The van der Waals surface area contributed by atoms with E-state index in [0.717, 1.165) is 28.6 Å². The molecule has 1 heterocycles. The number of thioether (sulfide) groups is 1. The van der Waals surface area contributed by atoms with E-state index in [-0.39, 0.29) is 23.0 Å². The molecule has 3 rings (SSSR count). The molecule has 1 aliphatic heterocycles. The Morgan fingerprint density at radius 1 is 1.08 bits per heavy atom. The molecule has 7 heteroatoms. The Morgan fingerprint density at radius 2 is 1.73 bits per heavy atom. The maximum atomic E-state index is 11.6. The number of hydrogen-bond donors (Lipinski definition) is 2. The molecule has 1 fully saturated rings. The van der Waals surface area contributed by atoms with Crippen molar-refractivity contribution >= 4 is 22.9 Å². The van der Waals surface area contributed by atoms with Gasteiger partial charge in [-0.05, 0) is 41.8 Å². The molecule has 0 radical (unpaired) electrons.